The van der Waals surface area contributed by atoms with Crippen LogP contribution < -0.4 is 5.32 Å². The van der Waals surface area contributed by atoms with Crippen LogP contribution in [0.2, 0.25) is 10.0 Å². The highest BCUT2D eigenvalue weighted by Crippen LogP contribution is 2.21. The second-order valence-electron chi connectivity index (χ2n) is 5.95. The lowest BCUT2D eigenvalue weighted by atomic mass is 10.0. The molecular weight excluding hydrogens is 291 g/mol. The molecule has 1 aromatic rings. The predicted octanol–water partition coefficient (Wildman–Crippen LogP) is 4.35. The van der Waals surface area contributed by atoms with Gasteiger partial charge in [0.2, 0.25) is 0 Å². The predicted molar refractivity (Wildman–Crippen MR) is 87.6 cm³/mol. The van der Waals surface area contributed by atoms with Crippen LogP contribution in [0.3, 0.4) is 0 Å². The lowest BCUT2D eigenvalue weighted by Gasteiger charge is -2.33. The molecule has 4 heteroatoms. The third kappa shape index (κ3) is 4.92. The van der Waals surface area contributed by atoms with Gasteiger partial charge in [0.1, 0.15) is 0 Å². The summed E-state index contributed by atoms with van der Waals surface area (Å²) in [6, 6.07) is 6.93. The molecule has 1 atom stereocenters. The molecule has 1 heterocycles. The molecule has 20 heavy (non-hydrogen) atoms. The first kappa shape index (κ1) is 16.1. The zero-order chi connectivity index (χ0) is 14.5. The molecule has 2 rings (SSSR count). The molecule has 1 aromatic carbocycles. The summed E-state index contributed by atoms with van der Waals surface area (Å²) in [7, 11) is 0. The van der Waals surface area contributed by atoms with E-state index in [1.54, 1.807) is 6.07 Å². The quantitative estimate of drug-likeness (QED) is 0.869. The summed E-state index contributed by atoms with van der Waals surface area (Å²) < 4.78 is 0. The standard InChI is InChI=1S/C16H24Cl2N2/c1-12(2)20(11-16-5-3-4-6-19-16)10-13-7-14(17)9-15(18)8-13/h7-9,12,16,19H,3-6,10-11H2,1-2H3. The Labute approximate surface area is 132 Å². The largest absolute Gasteiger partial charge is 0.313 e. The second kappa shape index (κ2) is 7.65. The van der Waals surface area contributed by atoms with Crippen molar-refractivity contribution < 1.29 is 0 Å². The van der Waals surface area contributed by atoms with E-state index >= 15 is 0 Å². The third-order valence-electron chi connectivity index (χ3n) is 3.91. The van der Waals surface area contributed by atoms with Gasteiger partial charge in [-0.3, -0.25) is 4.90 Å². The first-order valence-corrected chi connectivity index (χ1v) is 8.22. The third-order valence-corrected chi connectivity index (χ3v) is 4.34. The molecule has 1 saturated heterocycles. The molecule has 0 saturated carbocycles. The Morgan fingerprint density at radius 2 is 1.90 bits per heavy atom. The van der Waals surface area contributed by atoms with E-state index in [1.165, 1.54) is 24.8 Å². The average Bonchev–Trinajstić information content (AvgIpc) is 2.38. The fourth-order valence-corrected chi connectivity index (χ4v) is 3.33. The summed E-state index contributed by atoms with van der Waals surface area (Å²) in [4.78, 5) is 2.49. The van der Waals surface area contributed by atoms with Crippen LogP contribution in [-0.2, 0) is 6.54 Å². The second-order valence-corrected chi connectivity index (χ2v) is 6.82. The maximum atomic E-state index is 6.09. The van der Waals surface area contributed by atoms with Gasteiger partial charge in [0.15, 0.2) is 0 Å². The number of benzene rings is 1. The number of hydrogen-bond donors (Lipinski definition) is 1. The number of hydrogen-bond acceptors (Lipinski definition) is 2. The molecule has 1 unspecified atom stereocenters. The summed E-state index contributed by atoms with van der Waals surface area (Å²) in [6.45, 7) is 7.63. The van der Waals surface area contributed by atoms with Crippen molar-refractivity contribution >= 4 is 23.2 Å². The number of halogens is 2. The summed E-state index contributed by atoms with van der Waals surface area (Å²) in [5, 5.41) is 5.05. The fourth-order valence-electron chi connectivity index (χ4n) is 2.76. The van der Waals surface area contributed by atoms with Crippen molar-refractivity contribution in [3.63, 3.8) is 0 Å². The summed E-state index contributed by atoms with van der Waals surface area (Å²) >= 11 is 12.2. The number of nitrogens with zero attached hydrogens (tertiary/aromatic N) is 1. The molecule has 0 aromatic heterocycles. The van der Waals surface area contributed by atoms with Crippen molar-refractivity contribution in [2.75, 3.05) is 13.1 Å². The van der Waals surface area contributed by atoms with Gasteiger partial charge in [0.05, 0.1) is 0 Å². The number of piperidine rings is 1. The van der Waals surface area contributed by atoms with E-state index in [2.05, 4.69) is 24.1 Å². The van der Waals surface area contributed by atoms with Crippen molar-refractivity contribution in [2.45, 2.75) is 51.7 Å². The van der Waals surface area contributed by atoms with Gasteiger partial charge in [-0.1, -0.05) is 29.6 Å². The van der Waals surface area contributed by atoms with Gasteiger partial charge < -0.3 is 5.32 Å². The van der Waals surface area contributed by atoms with Crippen LogP contribution in [0.4, 0.5) is 0 Å². The first-order chi connectivity index (χ1) is 9.54. The maximum absolute atomic E-state index is 6.09. The van der Waals surface area contributed by atoms with Crippen LogP contribution in [0.15, 0.2) is 18.2 Å². The molecule has 1 aliphatic heterocycles. The van der Waals surface area contributed by atoms with Crippen molar-refractivity contribution in [3.05, 3.63) is 33.8 Å². The van der Waals surface area contributed by atoms with Crippen molar-refractivity contribution in [3.8, 4) is 0 Å². The highest BCUT2D eigenvalue weighted by molar-refractivity contribution is 6.34. The minimum atomic E-state index is 0.511. The number of rotatable bonds is 5. The zero-order valence-corrected chi connectivity index (χ0v) is 13.8. The Kier molecular flexibility index (Phi) is 6.16. The molecule has 0 aliphatic carbocycles. The molecule has 0 amide bonds. The van der Waals surface area contributed by atoms with E-state index in [4.69, 9.17) is 23.2 Å². The van der Waals surface area contributed by atoms with E-state index in [1.807, 2.05) is 12.1 Å². The molecule has 1 aliphatic rings. The van der Waals surface area contributed by atoms with Crippen LogP contribution in [0.1, 0.15) is 38.7 Å². The van der Waals surface area contributed by atoms with E-state index in [-0.39, 0.29) is 0 Å². The van der Waals surface area contributed by atoms with Gasteiger partial charge in [0, 0.05) is 35.2 Å². The van der Waals surface area contributed by atoms with Crippen molar-refractivity contribution in [1.29, 1.82) is 0 Å². The van der Waals surface area contributed by atoms with Crippen molar-refractivity contribution in [1.82, 2.24) is 10.2 Å². The first-order valence-electron chi connectivity index (χ1n) is 7.47. The van der Waals surface area contributed by atoms with E-state index in [0.29, 0.717) is 22.1 Å². The van der Waals surface area contributed by atoms with Crippen LogP contribution in [0.5, 0.6) is 0 Å². The lowest BCUT2D eigenvalue weighted by molar-refractivity contribution is 0.177. The Hall–Kier alpha value is -0.280. The van der Waals surface area contributed by atoms with E-state index < -0.39 is 0 Å². The molecule has 0 bridgehead atoms. The Morgan fingerprint density at radius 3 is 2.45 bits per heavy atom. The minimum absolute atomic E-state index is 0.511. The fraction of sp³-hybridized carbons (Fsp3) is 0.625. The van der Waals surface area contributed by atoms with Gasteiger partial charge in [0.25, 0.3) is 0 Å². The monoisotopic (exact) mass is 314 g/mol. The smallest absolute Gasteiger partial charge is 0.0424 e. The summed E-state index contributed by atoms with van der Waals surface area (Å²) in [5.41, 5.74) is 1.19. The van der Waals surface area contributed by atoms with Crippen LogP contribution >= 0.6 is 23.2 Å². The van der Waals surface area contributed by atoms with E-state index in [9.17, 15) is 0 Å². The molecular formula is C16H24Cl2N2. The zero-order valence-electron chi connectivity index (χ0n) is 12.3. The maximum Gasteiger partial charge on any atom is 0.0424 e. The molecule has 1 fully saturated rings. The molecule has 0 spiro atoms. The summed E-state index contributed by atoms with van der Waals surface area (Å²) in [6.07, 6.45) is 3.92. The SMILES string of the molecule is CC(C)N(Cc1cc(Cl)cc(Cl)c1)CC1CCCCN1. The Bertz CT molecular complexity index is 408. The Balaban J connectivity index is 2.00. The topological polar surface area (TPSA) is 15.3 Å². The van der Waals surface area contributed by atoms with Gasteiger partial charge in [-0.2, -0.15) is 0 Å². The van der Waals surface area contributed by atoms with Crippen LogP contribution in [0, 0.1) is 0 Å². The average molecular weight is 315 g/mol. The lowest BCUT2D eigenvalue weighted by Crippen LogP contribution is -2.45. The Morgan fingerprint density at radius 1 is 1.20 bits per heavy atom. The number of nitrogens with one attached hydrogen (secondary N) is 1. The van der Waals surface area contributed by atoms with Gasteiger partial charge >= 0.3 is 0 Å². The van der Waals surface area contributed by atoms with Crippen molar-refractivity contribution in [2.24, 2.45) is 0 Å². The van der Waals surface area contributed by atoms with Gasteiger partial charge in [-0.25, -0.2) is 0 Å². The molecule has 112 valence electrons. The normalized spacial score (nSPS) is 19.8. The highest BCUT2D eigenvalue weighted by atomic mass is 35.5. The molecule has 2 nitrogen and oxygen atoms in total. The minimum Gasteiger partial charge on any atom is -0.313 e. The highest BCUT2D eigenvalue weighted by Gasteiger charge is 2.19. The summed E-state index contributed by atoms with van der Waals surface area (Å²) in [5.74, 6) is 0. The van der Waals surface area contributed by atoms with Crippen LogP contribution in [-0.4, -0.2) is 30.1 Å². The van der Waals surface area contributed by atoms with Crippen LogP contribution in [0.25, 0.3) is 0 Å². The van der Waals surface area contributed by atoms with Gasteiger partial charge in [-0.05, 0) is 57.0 Å². The molecule has 0 radical (unpaired) electrons. The van der Waals surface area contributed by atoms with E-state index in [0.717, 1.165) is 19.6 Å². The molecule has 1 N–H and O–H groups in total. The van der Waals surface area contributed by atoms with Gasteiger partial charge in [-0.15, -0.1) is 0 Å².